The molecule has 6 N–H and O–H groups in total. The Morgan fingerprint density at radius 1 is 1.20 bits per heavy atom. The number of amides is 2. The van der Waals surface area contributed by atoms with Crippen molar-refractivity contribution in [1.82, 2.24) is 4.90 Å². The molecule has 1 aromatic carbocycles. The molecule has 2 heterocycles. The highest BCUT2D eigenvalue weighted by Gasteiger charge is 2.25. The van der Waals surface area contributed by atoms with E-state index in [0.717, 1.165) is 18.7 Å². The van der Waals surface area contributed by atoms with Gasteiger partial charge in [-0.05, 0) is 44.6 Å². The predicted octanol–water partition coefficient (Wildman–Crippen LogP) is 4.57. The fourth-order valence-electron chi connectivity index (χ4n) is 4.94. The highest BCUT2D eigenvalue weighted by atomic mass is 16.6. The molecule has 2 bridgehead atoms. The monoisotopic (exact) mass is 568 g/mol. The van der Waals surface area contributed by atoms with Crippen LogP contribution < -0.4 is 11.1 Å². The largest absolute Gasteiger partial charge is 0.506 e. The van der Waals surface area contributed by atoms with Crippen molar-refractivity contribution < 1.29 is 29.6 Å². The number of phenolic OH excluding ortho intramolecular Hbond substituents is 2. The first-order valence-electron chi connectivity index (χ1n) is 14.2. The maximum absolute atomic E-state index is 13.0. The van der Waals surface area contributed by atoms with Gasteiger partial charge < -0.3 is 31.1 Å². The van der Waals surface area contributed by atoms with Gasteiger partial charge >= 0.3 is 6.09 Å². The van der Waals surface area contributed by atoms with E-state index in [1.165, 1.54) is 6.07 Å². The number of anilines is 1. The third-order valence-electron chi connectivity index (χ3n) is 7.63. The summed E-state index contributed by atoms with van der Waals surface area (Å²) in [5.74, 6) is -1.22. The van der Waals surface area contributed by atoms with Crippen molar-refractivity contribution in [2.45, 2.75) is 66.1 Å². The standard InChI is InChI=1S/C31H44N4O6/c1-18-9-10-25(36)21(4)16-22(5)29(41-31(32)40)19(2)7-6-8-20(3)30(39)34-24-17-26(37)27(23(15-18)28(24)38)33-11-12-35-13-14-35/h6-8,11,16-19,21,25,29,36-38H,9-10,12-15H2,1-5H3,(H2,32,40)(H,34,39)/b7-6?,20-8+,22-16?,33-11?. The Hall–Kier alpha value is -3.63. The van der Waals surface area contributed by atoms with Crippen LogP contribution in [0.4, 0.5) is 16.2 Å². The van der Waals surface area contributed by atoms with Gasteiger partial charge in [-0.25, -0.2) is 4.79 Å². The summed E-state index contributed by atoms with van der Waals surface area (Å²) in [7, 11) is 0. The van der Waals surface area contributed by atoms with Crippen molar-refractivity contribution in [3.63, 3.8) is 0 Å². The number of nitrogens with two attached hydrogens (primary N) is 1. The van der Waals surface area contributed by atoms with Crippen molar-refractivity contribution in [1.29, 1.82) is 0 Å². The molecule has 41 heavy (non-hydrogen) atoms. The summed E-state index contributed by atoms with van der Waals surface area (Å²) in [5, 5.41) is 35.8. The maximum atomic E-state index is 13.0. The summed E-state index contributed by atoms with van der Waals surface area (Å²) in [6.07, 6.45) is 8.01. The highest BCUT2D eigenvalue weighted by molar-refractivity contribution is 6.04. The topological polar surface area (TPSA) is 157 Å². The number of carbonyl (C=O) groups excluding carboxylic acids is 2. The number of hydrogen-bond acceptors (Lipinski definition) is 8. The van der Waals surface area contributed by atoms with Gasteiger partial charge in [-0.1, -0.05) is 45.1 Å². The molecule has 0 aliphatic carbocycles. The van der Waals surface area contributed by atoms with Crippen LogP contribution in [-0.4, -0.2) is 70.3 Å². The average Bonchev–Trinajstić information content (AvgIpc) is 3.73. The summed E-state index contributed by atoms with van der Waals surface area (Å²) in [6.45, 7) is 11.9. The molecule has 3 rings (SSSR count). The van der Waals surface area contributed by atoms with Crippen molar-refractivity contribution in [3.05, 3.63) is 47.1 Å². The lowest BCUT2D eigenvalue weighted by Crippen LogP contribution is -2.29. The number of benzene rings is 1. The number of fused-ring (bicyclic) bond motifs is 2. The van der Waals surface area contributed by atoms with Crippen molar-refractivity contribution in [2.24, 2.45) is 28.5 Å². The molecule has 5 unspecified atom stereocenters. The normalized spacial score (nSPS) is 28.0. The second-order valence-electron chi connectivity index (χ2n) is 11.4. The molecule has 1 fully saturated rings. The molecular formula is C31H44N4O6. The Labute approximate surface area is 242 Å². The van der Waals surface area contributed by atoms with E-state index in [4.69, 9.17) is 10.5 Å². The van der Waals surface area contributed by atoms with Crippen LogP contribution in [0.3, 0.4) is 0 Å². The molecule has 0 aromatic heterocycles. The summed E-state index contributed by atoms with van der Waals surface area (Å²) in [4.78, 5) is 31.2. The van der Waals surface area contributed by atoms with Crippen LogP contribution in [0.5, 0.6) is 11.5 Å². The van der Waals surface area contributed by atoms with Gasteiger partial charge in [0.25, 0.3) is 5.91 Å². The lowest BCUT2D eigenvalue weighted by molar-refractivity contribution is -0.112. The Kier molecular flexibility index (Phi) is 11.1. The molecule has 2 aliphatic rings. The van der Waals surface area contributed by atoms with Crippen LogP contribution in [-0.2, 0) is 16.0 Å². The van der Waals surface area contributed by atoms with Gasteiger partial charge in [0, 0.05) is 54.9 Å². The van der Waals surface area contributed by atoms with E-state index in [1.54, 1.807) is 31.4 Å². The SMILES string of the molecule is CC1=CC(C)C(O)CCC(C)Cc2c(O)c(cc(O)c2N=CCN2CC2)NC(=O)/C(C)=C/C=CC(C)C1OC(N)=O. The first-order chi connectivity index (χ1) is 19.4. The molecule has 1 saturated heterocycles. The zero-order chi connectivity index (χ0) is 30.3. The van der Waals surface area contributed by atoms with E-state index in [-0.39, 0.29) is 40.6 Å². The van der Waals surface area contributed by atoms with Gasteiger partial charge in [0.2, 0.25) is 0 Å². The van der Waals surface area contributed by atoms with E-state index in [2.05, 4.69) is 15.2 Å². The quantitative estimate of drug-likeness (QED) is 0.117. The number of aliphatic hydroxyl groups excluding tert-OH is 1. The lowest BCUT2D eigenvalue weighted by Gasteiger charge is -2.24. The number of ether oxygens (including phenoxy) is 1. The van der Waals surface area contributed by atoms with E-state index < -0.39 is 24.2 Å². The van der Waals surface area contributed by atoms with Gasteiger partial charge in [-0.3, -0.25) is 14.7 Å². The number of carbonyl (C=O) groups is 2. The molecule has 10 nitrogen and oxygen atoms in total. The third-order valence-corrected chi connectivity index (χ3v) is 7.63. The molecule has 5 atom stereocenters. The molecule has 0 spiro atoms. The molecular weight excluding hydrogens is 524 g/mol. The Bertz CT molecular complexity index is 1230. The smallest absolute Gasteiger partial charge is 0.405 e. The van der Waals surface area contributed by atoms with Crippen LogP contribution in [0.15, 0.2) is 46.5 Å². The number of allylic oxidation sites excluding steroid dienone is 2. The number of phenols is 2. The van der Waals surface area contributed by atoms with Crippen LogP contribution in [0.25, 0.3) is 0 Å². The number of primary amides is 1. The number of nitrogens with zero attached hydrogens (tertiary/aromatic N) is 2. The fourth-order valence-corrected chi connectivity index (χ4v) is 4.94. The number of aliphatic imine (C=N–C) groups is 1. The predicted molar refractivity (Wildman–Crippen MR) is 161 cm³/mol. The number of hydrogen-bond donors (Lipinski definition) is 5. The van der Waals surface area contributed by atoms with Gasteiger partial charge in [-0.15, -0.1) is 0 Å². The summed E-state index contributed by atoms with van der Waals surface area (Å²) >= 11 is 0. The maximum Gasteiger partial charge on any atom is 0.405 e. The van der Waals surface area contributed by atoms with Crippen molar-refractivity contribution >= 4 is 29.6 Å². The number of rotatable bonds is 4. The molecule has 1 aromatic rings. The first-order valence-corrected chi connectivity index (χ1v) is 14.2. The molecule has 224 valence electrons. The van der Waals surface area contributed by atoms with Gasteiger partial charge in [0.15, 0.2) is 0 Å². The Morgan fingerprint density at radius 2 is 1.90 bits per heavy atom. The zero-order valence-electron chi connectivity index (χ0n) is 24.6. The van der Waals surface area contributed by atoms with E-state index in [0.29, 0.717) is 36.9 Å². The number of aromatic hydroxyl groups is 2. The Morgan fingerprint density at radius 3 is 2.56 bits per heavy atom. The molecule has 0 radical (unpaired) electrons. The van der Waals surface area contributed by atoms with Crippen molar-refractivity contribution in [2.75, 3.05) is 25.0 Å². The number of nitrogens with one attached hydrogen (secondary N) is 1. The number of aliphatic hydroxyl groups is 1. The van der Waals surface area contributed by atoms with Crippen LogP contribution in [0.2, 0.25) is 0 Å². The molecule has 0 saturated carbocycles. The summed E-state index contributed by atoms with van der Waals surface area (Å²) in [6, 6.07) is 1.31. The lowest BCUT2D eigenvalue weighted by atomic mass is 9.89. The van der Waals surface area contributed by atoms with Crippen LogP contribution >= 0.6 is 0 Å². The first kappa shape index (κ1) is 31.9. The van der Waals surface area contributed by atoms with Gasteiger partial charge in [0.05, 0.1) is 11.8 Å². The zero-order valence-corrected chi connectivity index (χ0v) is 24.6. The Balaban J connectivity index is 2.00. The second-order valence-corrected chi connectivity index (χ2v) is 11.4. The van der Waals surface area contributed by atoms with E-state index in [1.807, 2.05) is 33.8 Å². The fraction of sp³-hybridized carbons (Fsp3) is 0.516. The molecule has 2 amide bonds. The highest BCUT2D eigenvalue weighted by Crippen LogP contribution is 2.44. The van der Waals surface area contributed by atoms with Crippen molar-refractivity contribution in [3.8, 4) is 11.5 Å². The minimum absolute atomic E-state index is 0.0122. The average molecular weight is 569 g/mol. The molecule has 2 aliphatic heterocycles. The minimum atomic E-state index is -0.895. The second kappa shape index (κ2) is 14.3. The summed E-state index contributed by atoms with van der Waals surface area (Å²) in [5.41, 5.74) is 7.26. The van der Waals surface area contributed by atoms with E-state index >= 15 is 0 Å². The van der Waals surface area contributed by atoms with Gasteiger partial charge in [0.1, 0.15) is 23.3 Å². The van der Waals surface area contributed by atoms with Gasteiger partial charge in [-0.2, -0.15) is 0 Å². The van der Waals surface area contributed by atoms with Crippen LogP contribution in [0.1, 0.15) is 53.0 Å². The molecule has 10 heteroatoms. The summed E-state index contributed by atoms with van der Waals surface area (Å²) < 4.78 is 5.40. The van der Waals surface area contributed by atoms with E-state index in [9.17, 15) is 24.9 Å². The van der Waals surface area contributed by atoms with Crippen LogP contribution in [0, 0.1) is 17.8 Å². The minimum Gasteiger partial charge on any atom is -0.506 e. The third kappa shape index (κ3) is 9.19.